The lowest BCUT2D eigenvalue weighted by molar-refractivity contribution is -0.139. The van der Waals surface area contributed by atoms with E-state index in [9.17, 15) is 19.8 Å². The van der Waals surface area contributed by atoms with E-state index < -0.39 is 17.9 Å². The van der Waals surface area contributed by atoms with Crippen molar-refractivity contribution < 1.29 is 19.8 Å². The fraction of sp³-hybridized carbons (Fsp3) is 0.118. The molecule has 0 spiro atoms. The van der Waals surface area contributed by atoms with E-state index in [0.717, 1.165) is 0 Å². The summed E-state index contributed by atoms with van der Waals surface area (Å²) in [4.78, 5) is 23.4. The first-order chi connectivity index (χ1) is 11.0. The molecule has 0 aromatic heterocycles. The van der Waals surface area contributed by atoms with Gasteiger partial charge in [-0.1, -0.05) is 12.1 Å². The maximum atomic E-state index is 12.1. The Balaban J connectivity index is 2.09. The number of aromatic hydroxyl groups is 1. The molecule has 6 heteroatoms. The Kier molecular flexibility index (Phi) is 4.95. The van der Waals surface area contributed by atoms with Crippen LogP contribution in [-0.2, 0) is 11.2 Å². The van der Waals surface area contributed by atoms with Crippen LogP contribution in [0, 0.1) is 11.3 Å². The Hall–Kier alpha value is -3.33. The summed E-state index contributed by atoms with van der Waals surface area (Å²) in [7, 11) is 0. The number of phenolic OH excluding ortho intramolecular Hbond substituents is 1. The average Bonchev–Trinajstić information content (AvgIpc) is 2.56. The molecule has 0 saturated heterocycles. The molecule has 2 rings (SSSR count). The second kappa shape index (κ2) is 7.09. The Morgan fingerprint density at radius 3 is 2.22 bits per heavy atom. The third-order valence-corrected chi connectivity index (χ3v) is 3.26. The highest BCUT2D eigenvalue weighted by atomic mass is 16.4. The summed E-state index contributed by atoms with van der Waals surface area (Å²) in [6.07, 6.45) is 0.0949. The summed E-state index contributed by atoms with van der Waals surface area (Å²) in [5, 5.41) is 29.7. The van der Waals surface area contributed by atoms with Crippen molar-refractivity contribution in [1.82, 2.24) is 5.32 Å². The van der Waals surface area contributed by atoms with Crippen molar-refractivity contribution in [2.45, 2.75) is 12.5 Å². The molecular formula is C17H14N2O4. The first-order valence-corrected chi connectivity index (χ1v) is 6.81. The lowest BCUT2D eigenvalue weighted by Crippen LogP contribution is -2.42. The van der Waals surface area contributed by atoms with Crippen molar-refractivity contribution in [2.24, 2.45) is 0 Å². The van der Waals surface area contributed by atoms with Gasteiger partial charge in [-0.2, -0.15) is 5.26 Å². The number of nitrogens with one attached hydrogen (secondary N) is 1. The van der Waals surface area contributed by atoms with Gasteiger partial charge in [-0.3, -0.25) is 4.79 Å². The minimum Gasteiger partial charge on any atom is -0.508 e. The van der Waals surface area contributed by atoms with Crippen molar-refractivity contribution >= 4 is 11.9 Å². The van der Waals surface area contributed by atoms with Gasteiger partial charge in [0.25, 0.3) is 5.91 Å². The third kappa shape index (κ3) is 4.32. The summed E-state index contributed by atoms with van der Waals surface area (Å²) in [5.74, 6) is -1.59. The molecule has 6 nitrogen and oxygen atoms in total. The fourth-order valence-electron chi connectivity index (χ4n) is 2.01. The number of benzene rings is 2. The molecule has 0 heterocycles. The van der Waals surface area contributed by atoms with E-state index in [2.05, 4.69) is 5.32 Å². The molecule has 0 radical (unpaired) electrons. The Morgan fingerprint density at radius 1 is 1.09 bits per heavy atom. The van der Waals surface area contributed by atoms with Crippen molar-refractivity contribution in [1.29, 1.82) is 5.26 Å². The molecule has 0 fully saturated rings. The molecule has 0 aliphatic rings. The van der Waals surface area contributed by atoms with Gasteiger partial charge in [-0.05, 0) is 42.0 Å². The number of aliphatic carboxylic acids is 1. The molecule has 23 heavy (non-hydrogen) atoms. The maximum absolute atomic E-state index is 12.1. The van der Waals surface area contributed by atoms with Crippen LogP contribution in [0.4, 0.5) is 0 Å². The Labute approximate surface area is 132 Å². The van der Waals surface area contributed by atoms with Crippen LogP contribution in [0.25, 0.3) is 0 Å². The number of rotatable bonds is 5. The fourth-order valence-corrected chi connectivity index (χ4v) is 2.01. The molecule has 0 aliphatic heterocycles. The second-order valence-corrected chi connectivity index (χ2v) is 4.92. The van der Waals surface area contributed by atoms with Crippen LogP contribution < -0.4 is 5.32 Å². The van der Waals surface area contributed by atoms with Gasteiger partial charge in [0.1, 0.15) is 11.8 Å². The highest BCUT2D eigenvalue weighted by molar-refractivity contribution is 5.96. The Bertz CT molecular complexity index is 746. The van der Waals surface area contributed by atoms with Crippen LogP contribution in [-0.4, -0.2) is 28.1 Å². The number of carbonyl (C=O) groups is 2. The van der Waals surface area contributed by atoms with Crippen LogP contribution >= 0.6 is 0 Å². The lowest BCUT2D eigenvalue weighted by Gasteiger charge is -2.15. The van der Waals surface area contributed by atoms with Gasteiger partial charge in [0, 0.05) is 12.0 Å². The molecule has 3 N–H and O–H groups in total. The predicted octanol–water partition coefficient (Wildman–Crippen LogP) is 1.69. The standard InChI is InChI=1S/C17H14N2O4/c18-10-12-1-5-13(6-2-12)16(21)19-15(17(22)23)9-11-3-7-14(20)8-4-11/h1-8,15,20H,9H2,(H,19,21)(H,22,23)/t15-/m0/s1. The number of phenols is 1. The number of carboxylic acid groups (broad SMARTS) is 1. The van der Waals surface area contributed by atoms with Gasteiger partial charge in [0.15, 0.2) is 0 Å². The number of nitriles is 1. The molecule has 116 valence electrons. The average molecular weight is 310 g/mol. The monoisotopic (exact) mass is 310 g/mol. The van der Waals surface area contributed by atoms with Crippen LogP contribution in [0.1, 0.15) is 21.5 Å². The quantitative estimate of drug-likeness (QED) is 0.778. The van der Waals surface area contributed by atoms with Crippen molar-refractivity contribution in [3.63, 3.8) is 0 Å². The number of amides is 1. The van der Waals surface area contributed by atoms with Crippen molar-refractivity contribution in [3.8, 4) is 11.8 Å². The summed E-state index contributed by atoms with van der Waals surface area (Å²) >= 11 is 0. The molecule has 0 unspecified atom stereocenters. The number of hydrogen-bond acceptors (Lipinski definition) is 4. The summed E-state index contributed by atoms with van der Waals surface area (Å²) in [6, 6.07) is 12.9. The van der Waals surface area contributed by atoms with Gasteiger partial charge in [-0.15, -0.1) is 0 Å². The zero-order valence-electron chi connectivity index (χ0n) is 12.1. The van der Waals surface area contributed by atoms with Gasteiger partial charge in [0.2, 0.25) is 0 Å². The van der Waals surface area contributed by atoms with Gasteiger partial charge < -0.3 is 15.5 Å². The summed E-state index contributed by atoms with van der Waals surface area (Å²) < 4.78 is 0. The third-order valence-electron chi connectivity index (χ3n) is 3.26. The van der Waals surface area contributed by atoms with Crippen LogP contribution in [0.5, 0.6) is 5.75 Å². The number of carbonyl (C=O) groups excluding carboxylic acids is 1. The molecule has 0 saturated carbocycles. The lowest BCUT2D eigenvalue weighted by atomic mass is 10.0. The number of nitrogens with zero attached hydrogens (tertiary/aromatic N) is 1. The maximum Gasteiger partial charge on any atom is 0.326 e. The zero-order chi connectivity index (χ0) is 16.8. The molecule has 1 atom stereocenters. The van der Waals surface area contributed by atoms with E-state index >= 15 is 0 Å². The number of hydrogen-bond donors (Lipinski definition) is 3. The molecule has 2 aromatic rings. The number of carboxylic acids is 1. The SMILES string of the molecule is N#Cc1ccc(C(=O)N[C@@H](Cc2ccc(O)cc2)C(=O)O)cc1. The highest BCUT2D eigenvalue weighted by Gasteiger charge is 2.21. The topological polar surface area (TPSA) is 110 Å². The first kappa shape index (κ1) is 16.0. The van der Waals surface area contributed by atoms with Crippen molar-refractivity contribution in [2.75, 3.05) is 0 Å². The van der Waals surface area contributed by atoms with Crippen LogP contribution in [0.15, 0.2) is 48.5 Å². The summed E-state index contributed by atoms with van der Waals surface area (Å²) in [5.41, 5.74) is 1.37. The van der Waals surface area contributed by atoms with E-state index in [1.807, 2.05) is 6.07 Å². The molecular weight excluding hydrogens is 296 g/mol. The van der Waals surface area contributed by atoms with Crippen LogP contribution in [0.2, 0.25) is 0 Å². The molecule has 1 amide bonds. The first-order valence-electron chi connectivity index (χ1n) is 6.81. The molecule has 0 bridgehead atoms. The zero-order valence-corrected chi connectivity index (χ0v) is 12.1. The van der Waals surface area contributed by atoms with E-state index in [-0.39, 0.29) is 17.7 Å². The van der Waals surface area contributed by atoms with E-state index in [4.69, 9.17) is 5.26 Å². The predicted molar refractivity (Wildman–Crippen MR) is 81.9 cm³/mol. The van der Waals surface area contributed by atoms with Gasteiger partial charge in [-0.25, -0.2) is 4.79 Å². The van der Waals surface area contributed by atoms with E-state index in [0.29, 0.717) is 11.1 Å². The minimum atomic E-state index is -1.15. The van der Waals surface area contributed by atoms with Crippen molar-refractivity contribution in [3.05, 3.63) is 65.2 Å². The second-order valence-electron chi connectivity index (χ2n) is 4.92. The normalized spacial score (nSPS) is 11.3. The Morgan fingerprint density at radius 2 is 1.70 bits per heavy atom. The van der Waals surface area contributed by atoms with Crippen LogP contribution in [0.3, 0.4) is 0 Å². The largest absolute Gasteiger partial charge is 0.508 e. The smallest absolute Gasteiger partial charge is 0.326 e. The highest BCUT2D eigenvalue weighted by Crippen LogP contribution is 2.12. The van der Waals surface area contributed by atoms with Gasteiger partial charge in [0.05, 0.1) is 11.6 Å². The summed E-state index contributed by atoms with van der Waals surface area (Å²) in [6.45, 7) is 0. The van der Waals surface area contributed by atoms with E-state index in [1.165, 1.54) is 36.4 Å². The van der Waals surface area contributed by atoms with E-state index in [1.54, 1.807) is 12.1 Å². The molecule has 0 aliphatic carbocycles. The van der Waals surface area contributed by atoms with Gasteiger partial charge >= 0.3 is 5.97 Å². The minimum absolute atomic E-state index is 0.0854. The molecule has 2 aromatic carbocycles.